The van der Waals surface area contributed by atoms with Gasteiger partial charge in [0.1, 0.15) is 0 Å². The van der Waals surface area contributed by atoms with E-state index in [9.17, 15) is 14.7 Å². The second-order valence-electron chi connectivity index (χ2n) is 8.37. The lowest BCUT2D eigenvalue weighted by Crippen LogP contribution is -2.53. The van der Waals surface area contributed by atoms with Gasteiger partial charge in [0, 0.05) is 38.8 Å². The Morgan fingerprint density at radius 2 is 1.71 bits per heavy atom. The zero-order valence-electron chi connectivity index (χ0n) is 15.2. The monoisotopic (exact) mass is 337 g/mol. The van der Waals surface area contributed by atoms with Crippen molar-refractivity contribution in [1.29, 1.82) is 0 Å². The topological polar surface area (TPSA) is 64.1 Å². The van der Waals surface area contributed by atoms with Crippen LogP contribution in [0.3, 0.4) is 0 Å². The van der Waals surface area contributed by atoms with Crippen LogP contribution >= 0.6 is 0 Å². The summed E-state index contributed by atoms with van der Waals surface area (Å²) < 4.78 is 0. The van der Waals surface area contributed by atoms with Gasteiger partial charge < -0.3 is 14.9 Å². The molecule has 136 valence electrons. The van der Waals surface area contributed by atoms with Crippen molar-refractivity contribution < 1.29 is 14.7 Å². The van der Waals surface area contributed by atoms with Crippen molar-refractivity contribution in [3.63, 3.8) is 0 Å². The molecule has 1 aliphatic carbocycles. The van der Waals surface area contributed by atoms with Gasteiger partial charge in [0.25, 0.3) is 0 Å². The summed E-state index contributed by atoms with van der Waals surface area (Å²) in [6, 6.07) is 0.639. The molecule has 0 aromatic rings. The SMILES string of the molecule is CN1CCCCC1CN1CCN(C(=O)[C@@H]2[C@H](C(=O)O)C2(C)C)CC1. The minimum absolute atomic E-state index is 0.0434. The Morgan fingerprint density at radius 3 is 2.25 bits per heavy atom. The van der Waals surface area contributed by atoms with E-state index in [0.29, 0.717) is 6.04 Å². The number of amides is 1. The molecule has 2 heterocycles. The normalized spacial score (nSPS) is 34.1. The zero-order valence-corrected chi connectivity index (χ0v) is 15.2. The molecule has 1 unspecified atom stereocenters. The summed E-state index contributed by atoms with van der Waals surface area (Å²) >= 11 is 0. The third-order valence-corrected chi connectivity index (χ3v) is 6.43. The van der Waals surface area contributed by atoms with Gasteiger partial charge in [-0.05, 0) is 31.8 Å². The Morgan fingerprint density at radius 1 is 1.04 bits per heavy atom. The molecule has 0 aromatic carbocycles. The van der Waals surface area contributed by atoms with Gasteiger partial charge in [-0.25, -0.2) is 0 Å². The molecule has 0 radical (unpaired) electrons. The van der Waals surface area contributed by atoms with E-state index in [1.165, 1.54) is 25.8 Å². The van der Waals surface area contributed by atoms with Crippen molar-refractivity contribution in [2.24, 2.45) is 17.3 Å². The number of hydrogen-bond donors (Lipinski definition) is 1. The first-order chi connectivity index (χ1) is 11.3. The quantitative estimate of drug-likeness (QED) is 0.828. The number of carboxylic acids is 1. The molecule has 3 rings (SSSR count). The van der Waals surface area contributed by atoms with Crippen LogP contribution in [0.5, 0.6) is 0 Å². The van der Waals surface area contributed by atoms with Gasteiger partial charge in [0.15, 0.2) is 0 Å². The first-order valence-corrected chi connectivity index (χ1v) is 9.26. The summed E-state index contributed by atoms with van der Waals surface area (Å²) in [6.45, 7) is 9.33. The van der Waals surface area contributed by atoms with Crippen LogP contribution in [0.4, 0.5) is 0 Å². The van der Waals surface area contributed by atoms with Crippen molar-refractivity contribution in [2.75, 3.05) is 46.3 Å². The Labute approximate surface area is 144 Å². The summed E-state index contributed by atoms with van der Waals surface area (Å²) in [5.74, 6) is -1.65. The molecule has 1 N–H and O–H groups in total. The summed E-state index contributed by atoms with van der Waals surface area (Å²) in [7, 11) is 2.21. The average Bonchev–Trinajstić information content (AvgIpc) is 3.12. The van der Waals surface area contributed by atoms with Crippen LogP contribution in [0.1, 0.15) is 33.1 Å². The number of likely N-dealkylation sites (N-methyl/N-ethyl adjacent to an activating group) is 1. The Bertz CT molecular complexity index is 500. The lowest BCUT2D eigenvalue weighted by atomic mass is 10.0. The standard InChI is InChI=1S/C18H31N3O3/c1-18(2)14(15(18)17(23)24)16(22)21-10-8-20(9-11-21)12-13-6-4-5-7-19(13)3/h13-15H,4-12H2,1-3H3,(H,23,24)/t13?,14-,15+/m0/s1. The van der Waals surface area contributed by atoms with Gasteiger partial charge in [-0.15, -0.1) is 0 Å². The van der Waals surface area contributed by atoms with E-state index in [0.717, 1.165) is 32.7 Å². The van der Waals surface area contributed by atoms with Crippen LogP contribution in [-0.2, 0) is 9.59 Å². The summed E-state index contributed by atoms with van der Waals surface area (Å²) in [6.07, 6.45) is 3.89. The summed E-state index contributed by atoms with van der Waals surface area (Å²) in [5.41, 5.74) is -0.398. The number of aliphatic carboxylic acids is 1. The number of nitrogens with zero attached hydrogens (tertiary/aromatic N) is 3. The average molecular weight is 337 g/mol. The van der Waals surface area contributed by atoms with Crippen molar-refractivity contribution >= 4 is 11.9 Å². The highest BCUT2D eigenvalue weighted by Gasteiger charge is 2.66. The van der Waals surface area contributed by atoms with Crippen LogP contribution in [-0.4, -0.2) is 84.0 Å². The van der Waals surface area contributed by atoms with Crippen molar-refractivity contribution in [3.05, 3.63) is 0 Å². The van der Waals surface area contributed by atoms with Gasteiger partial charge >= 0.3 is 5.97 Å². The van der Waals surface area contributed by atoms with Crippen molar-refractivity contribution in [1.82, 2.24) is 14.7 Å². The number of carbonyl (C=O) groups is 2. The maximum absolute atomic E-state index is 12.7. The molecule has 1 saturated carbocycles. The van der Waals surface area contributed by atoms with Crippen molar-refractivity contribution in [2.45, 2.75) is 39.2 Å². The number of hydrogen-bond acceptors (Lipinski definition) is 4. The van der Waals surface area contributed by atoms with E-state index in [1.807, 2.05) is 18.7 Å². The Kier molecular flexibility index (Phi) is 4.89. The number of piperidine rings is 1. The molecule has 2 saturated heterocycles. The Balaban J connectivity index is 1.49. The van der Waals surface area contributed by atoms with E-state index in [-0.39, 0.29) is 11.8 Å². The second kappa shape index (κ2) is 6.64. The molecular weight excluding hydrogens is 306 g/mol. The first-order valence-electron chi connectivity index (χ1n) is 9.26. The fraction of sp³-hybridized carbons (Fsp3) is 0.889. The van der Waals surface area contributed by atoms with Gasteiger partial charge in [0.05, 0.1) is 11.8 Å². The van der Waals surface area contributed by atoms with Crippen LogP contribution in [0.2, 0.25) is 0 Å². The number of carbonyl (C=O) groups excluding carboxylic acids is 1. The number of carboxylic acid groups (broad SMARTS) is 1. The van der Waals surface area contributed by atoms with Gasteiger partial charge in [-0.3, -0.25) is 14.5 Å². The van der Waals surface area contributed by atoms with Crippen LogP contribution < -0.4 is 0 Å². The third-order valence-electron chi connectivity index (χ3n) is 6.43. The van der Waals surface area contributed by atoms with Gasteiger partial charge in [0.2, 0.25) is 5.91 Å². The molecule has 3 atom stereocenters. The Hall–Kier alpha value is -1.14. The maximum atomic E-state index is 12.7. The zero-order chi connectivity index (χ0) is 17.5. The molecular formula is C18H31N3O3. The first kappa shape index (κ1) is 17.7. The highest BCUT2D eigenvalue weighted by Crippen LogP contribution is 2.59. The molecule has 1 amide bonds. The molecule has 3 aliphatic rings. The smallest absolute Gasteiger partial charge is 0.307 e. The largest absolute Gasteiger partial charge is 0.481 e. The maximum Gasteiger partial charge on any atom is 0.307 e. The van der Waals surface area contributed by atoms with Crippen LogP contribution in [0.25, 0.3) is 0 Å². The second-order valence-corrected chi connectivity index (χ2v) is 8.37. The molecule has 0 spiro atoms. The highest BCUT2D eigenvalue weighted by atomic mass is 16.4. The lowest BCUT2D eigenvalue weighted by molar-refractivity contribution is -0.142. The summed E-state index contributed by atoms with van der Waals surface area (Å²) in [5, 5.41) is 9.27. The van der Waals surface area contributed by atoms with Crippen LogP contribution in [0.15, 0.2) is 0 Å². The number of piperazine rings is 1. The molecule has 6 heteroatoms. The van der Waals surface area contributed by atoms with E-state index in [2.05, 4.69) is 16.8 Å². The predicted molar refractivity (Wildman–Crippen MR) is 91.7 cm³/mol. The molecule has 6 nitrogen and oxygen atoms in total. The van der Waals surface area contributed by atoms with Crippen molar-refractivity contribution in [3.8, 4) is 0 Å². The number of likely N-dealkylation sites (tertiary alicyclic amines) is 1. The fourth-order valence-electron chi connectivity index (χ4n) is 4.58. The van der Waals surface area contributed by atoms with E-state index < -0.39 is 17.3 Å². The lowest BCUT2D eigenvalue weighted by Gasteiger charge is -2.40. The minimum Gasteiger partial charge on any atom is -0.481 e. The van der Waals surface area contributed by atoms with E-state index in [1.54, 1.807) is 0 Å². The highest BCUT2D eigenvalue weighted by molar-refractivity contribution is 5.91. The molecule has 0 aromatic heterocycles. The number of rotatable bonds is 4. The minimum atomic E-state index is -0.836. The predicted octanol–water partition coefficient (Wildman–Crippen LogP) is 0.972. The van der Waals surface area contributed by atoms with E-state index >= 15 is 0 Å². The molecule has 24 heavy (non-hydrogen) atoms. The van der Waals surface area contributed by atoms with Crippen LogP contribution in [0, 0.1) is 17.3 Å². The molecule has 0 bridgehead atoms. The van der Waals surface area contributed by atoms with E-state index in [4.69, 9.17) is 0 Å². The van der Waals surface area contributed by atoms with Gasteiger partial charge in [-0.2, -0.15) is 0 Å². The van der Waals surface area contributed by atoms with Gasteiger partial charge in [-0.1, -0.05) is 20.3 Å². The fourth-order valence-corrected chi connectivity index (χ4v) is 4.58. The summed E-state index contributed by atoms with van der Waals surface area (Å²) in [4.78, 5) is 30.8. The third kappa shape index (κ3) is 3.31. The molecule has 3 fully saturated rings. The molecule has 2 aliphatic heterocycles.